The van der Waals surface area contributed by atoms with Gasteiger partial charge in [0.1, 0.15) is 11.4 Å². The molecule has 0 aliphatic rings. The van der Waals surface area contributed by atoms with Crippen LogP contribution < -0.4 is 4.74 Å². The largest absolute Gasteiger partial charge is 0.497 e. The van der Waals surface area contributed by atoms with Crippen molar-refractivity contribution >= 4 is 5.78 Å². The first-order valence-electron chi connectivity index (χ1n) is 5.83. The highest BCUT2D eigenvalue weighted by atomic mass is 16.5. The first-order valence-corrected chi connectivity index (χ1v) is 5.83. The molecule has 0 amide bonds. The van der Waals surface area contributed by atoms with E-state index in [1.165, 1.54) is 0 Å². The lowest BCUT2D eigenvalue weighted by Gasteiger charge is -1.97. The normalized spacial score (nSPS) is 9.37. The zero-order chi connectivity index (χ0) is 13.7. The van der Waals surface area contributed by atoms with Crippen LogP contribution in [0.2, 0.25) is 0 Å². The molecule has 94 valence electrons. The van der Waals surface area contributed by atoms with Crippen LogP contribution in [0.4, 0.5) is 0 Å². The van der Waals surface area contributed by atoms with Crippen LogP contribution in [0.25, 0.3) is 0 Å². The number of hydrogen-bond donors (Lipinski definition) is 0. The number of aromatic nitrogens is 1. The molecule has 0 N–H and O–H groups in total. The van der Waals surface area contributed by atoms with Crippen LogP contribution in [0.1, 0.15) is 21.7 Å². The van der Waals surface area contributed by atoms with E-state index < -0.39 is 0 Å². The van der Waals surface area contributed by atoms with Gasteiger partial charge < -0.3 is 4.74 Å². The second kappa shape index (κ2) is 5.83. The molecule has 1 heterocycles. The summed E-state index contributed by atoms with van der Waals surface area (Å²) in [4.78, 5) is 16.0. The number of carbonyl (C=O) groups is 1. The maximum absolute atomic E-state index is 11.8. The third-order valence-electron chi connectivity index (χ3n) is 2.53. The molecule has 0 spiro atoms. The minimum Gasteiger partial charge on any atom is -0.497 e. The van der Waals surface area contributed by atoms with Crippen molar-refractivity contribution in [1.29, 1.82) is 0 Å². The van der Waals surface area contributed by atoms with Gasteiger partial charge in [-0.05, 0) is 49.2 Å². The van der Waals surface area contributed by atoms with Crippen molar-refractivity contribution in [2.45, 2.75) is 6.92 Å². The fourth-order valence-electron chi connectivity index (χ4n) is 1.54. The number of aryl methyl sites for hydroxylation is 1. The Balaban J connectivity index is 2.16. The summed E-state index contributed by atoms with van der Waals surface area (Å²) in [5, 5.41) is 0. The molecule has 0 radical (unpaired) electrons. The summed E-state index contributed by atoms with van der Waals surface area (Å²) in [6.07, 6.45) is 0. The Hall–Kier alpha value is -2.60. The second-order valence-corrected chi connectivity index (χ2v) is 3.97. The van der Waals surface area contributed by atoms with Crippen LogP contribution in [0.3, 0.4) is 0 Å². The minimum atomic E-state index is -0.278. The minimum absolute atomic E-state index is 0.278. The zero-order valence-corrected chi connectivity index (χ0v) is 10.8. The molecule has 3 heteroatoms. The summed E-state index contributed by atoms with van der Waals surface area (Å²) in [6, 6.07) is 12.5. The van der Waals surface area contributed by atoms with E-state index in [0.717, 1.165) is 17.0 Å². The molecular weight excluding hydrogens is 238 g/mol. The van der Waals surface area contributed by atoms with E-state index in [0.29, 0.717) is 5.69 Å². The van der Waals surface area contributed by atoms with Crippen molar-refractivity contribution in [2.24, 2.45) is 0 Å². The molecule has 0 aliphatic heterocycles. The standard InChI is InChI=1S/C16H13NO2/c1-12-4-3-5-15(17-12)16(18)11-8-13-6-9-14(19-2)10-7-13/h3-7,9-10H,1-2H3. The Bertz CT molecular complexity index is 648. The van der Waals surface area contributed by atoms with Gasteiger partial charge in [0.2, 0.25) is 0 Å². The Kier molecular flexibility index (Phi) is 3.94. The number of methoxy groups -OCH3 is 1. The highest BCUT2D eigenvalue weighted by molar-refractivity contribution is 6.08. The average molecular weight is 251 g/mol. The third kappa shape index (κ3) is 3.43. The molecule has 0 aliphatic carbocycles. The molecule has 0 atom stereocenters. The van der Waals surface area contributed by atoms with E-state index in [1.54, 1.807) is 31.4 Å². The van der Waals surface area contributed by atoms with Crippen molar-refractivity contribution in [2.75, 3.05) is 7.11 Å². The van der Waals surface area contributed by atoms with Gasteiger partial charge in [0.05, 0.1) is 7.11 Å². The molecule has 3 nitrogen and oxygen atoms in total. The second-order valence-electron chi connectivity index (χ2n) is 3.97. The lowest BCUT2D eigenvalue weighted by atomic mass is 10.2. The van der Waals surface area contributed by atoms with Gasteiger partial charge >= 0.3 is 0 Å². The lowest BCUT2D eigenvalue weighted by molar-refractivity contribution is 0.105. The van der Waals surface area contributed by atoms with E-state index in [2.05, 4.69) is 16.8 Å². The van der Waals surface area contributed by atoms with Gasteiger partial charge in [-0.15, -0.1) is 0 Å². The lowest BCUT2D eigenvalue weighted by Crippen LogP contribution is -1.99. The van der Waals surface area contributed by atoms with Crippen molar-refractivity contribution < 1.29 is 9.53 Å². The maximum Gasteiger partial charge on any atom is 0.254 e. The summed E-state index contributed by atoms with van der Waals surface area (Å²) in [5.74, 6) is 5.89. The average Bonchev–Trinajstić information content (AvgIpc) is 2.45. The fourth-order valence-corrected chi connectivity index (χ4v) is 1.54. The van der Waals surface area contributed by atoms with E-state index in [-0.39, 0.29) is 5.78 Å². The number of carbonyl (C=O) groups excluding carboxylic acids is 1. The number of Topliss-reactive ketones (excluding diaryl/α,β-unsaturated/α-hetero) is 1. The molecular formula is C16H13NO2. The first kappa shape index (κ1) is 12.8. The third-order valence-corrected chi connectivity index (χ3v) is 2.53. The number of nitrogens with zero attached hydrogens (tertiary/aromatic N) is 1. The van der Waals surface area contributed by atoms with E-state index in [4.69, 9.17) is 4.74 Å². The summed E-state index contributed by atoms with van der Waals surface area (Å²) >= 11 is 0. The quantitative estimate of drug-likeness (QED) is 0.608. The van der Waals surface area contributed by atoms with Crippen molar-refractivity contribution in [1.82, 2.24) is 4.98 Å². The number of hydrogen-bond acceptors (Lipinski definition) is 3. The van der Waals surface area contributed by atoms with Crippen LogP contribution in [0.5, 0.6) is 5.75 Å². The monoisotopic (exact) mass is 251 g/mol. The Morgan fingerprint density at radius 3 is 2.53 bits per heavy atom. The number of ether oxygens (including phenoxy) is 1. The zero-order valence-electron chi connectivity index (χ0n) is 10.8. The Morgan fingerprint density at radius 1 is 1.16 bits per heavy atom. The smallest absolute Gasteiger partial charge is 0.254 e. The van der Waals surface area contributed by atoms with E-state index in [9.17, 15) is 4.79 Å². The van der Waals surface area contributed by atoms with Gasteiger partial charge in [0.25, 0.3) is 5.78 Å². The van der Waals surface area contributed by atoms with Crippen LogP contribution in [0.15, 0.2) is 42.5 Å². The molecule has 1 aromatic heterocycles. The Morgan fingerprint density at radius 2 is 1.89 bits per heavy atom. The number of pyridine rings is 1. The van der Waals surface area contributed by atoms with Crippen molar-refractivity contribution in [3.63, 3.8) is 0 Å². The van der Waals surface area contributed by atoms with Gasteiger partial charge in [-0.2, -0.15) is 0 Å². The predicted molar refractivity (Wildman–Crippen MR) is 73.2 cm³/mol. The van der Waals surface area contributed by atoms with Gasteiger partial charge in [-0.1, -0.05) is 12.0 Å². The molecule has 0 bridgehead atoms. The maximum atomic E-state index is 11.8. The highest BCUT2D eigenvalue weighted by Crippen LogP contribution is 2.10. The van der Waals surface area contributed by atoms with Crippen LogP contribution in [-0.4, -0.2) is 17.9 Å². The van der Waals surface area contributed by atoms with Gasteiger partial charge in [0.15, 0.2) is 0 Å². The molecule has 2 aromatic rings. The summed E-state index contributed by atoms with van der Waals surface area (Å²) in [7, 11) is 1.60. The number of ketones is 1. The topological polar surface area (TPSA) is 39.2 Å². The number of rotatable bonds is 2. The molecule has 0 saturated carbocycles. The van der Waals surface area contributed by atoms with Gasteiger partial charge in [0, 0.05) is 11.3 Å². The van der Waals surface area contributed by atoms with Crippen LogP contribution >= 0.6 is 0 Å². The molecule has 0 fully saturated rings. The first-order chi connectivity index (χ1) is 9.19. The van der Waals surface area contributed by atoms with Crippen LogP contribution in [0, 0.1) is 18.8 Å². The molecule has 1 aromatic carbocycles. The fraction of sp³-hybridized carbons (Fsp3) is 0.125. The molecule has 0 saturated heterocycles. The Labute approximate surface area is 112 Å². The summed E-state index contributed by atoms with van der Waals surface area (Å²) in [5.41, 5.74) is 1.94. The molecule has 19 heavy (non-hydrogen) atoms. The highest BCUT2D eigenvalue weighted by Gasteiger charge is 2.03. The number of benzene rings is 1. The predicted octanol–water partition coefficient (Wildman–Crippen LogP) is 2.63. The van der Waals surface area contributed by atoms with Crippen molar-refractivity contribution in [3.05, 3.63) is 59.4 Å². The summed E-state index contributed by atoms with van der Waals surface area (Å²) in [6.45, 7) is 1.84. The molecule has 0 unspecified atom stereocenters. The van der Waals surface area contributed by atoms with Gasteiger partial charge in [-0.25, -0.2) is 4.98 Å². The van der Waals surface area contributed by atoms with E-state index >= 15 is 0 Å². The van der Waals surface area contributed by atoms with Crippen LogP contribution in [-0.2, 0) is 0 Å². The van der Waals surface area contributed by atoms with Crippen molar-refractivity contribution in [3.8, 4) is 17.6 Å². The van der Waals surface area contributed by atoms with E-state index in [1.807, 2.05) is 25.1 Å². The molecule has 2 rings (SSSR count). The van der Waals surface area contributed by atoms with Gasteiger partial charge in [-0.3, -0.25) is 4.79 Å². The SMILES string of the molecule is COc1ccc(C#CC(=O)c2cccc(C)n2)cc1. The summed E-state index contributed by atoms with van der Waals surface area (Å²) < 4.78 is 5.05.